The van der Waals surface area contributed by atoms with Crippen LogP contribution >= 0.6 is 11.6 Å². The molecule has 1 N–H and O–H groups in total. The van der Waals surface area contributed by atoms with E-state index in [1.54, 1.807) is 0 Å². The van der Waals surface area contributed by atoms with E-state index in [2.05, 4.69) is 22.3 Å². The minimum Gasteiger partial charge on any atom is -0.365 e. The number of benzene rings is 2. The van der Waals surface area contributed by atoms with Gasteiger partial charge in [0.05, 0.1) is 21.8 Å². The first-order valence-electron chi connectivity index (χ1n) is 11.6. The Kier molecular flexibility index (Phi) is 6.75. The third kappa shape index (κ3) is 4.36. The van der Waals surface area contributed by atoms with E-state index in [0.717, 1.165) is 42.6 Å². The lowest BCUT2D eigenvalue weighted by molar-refractivity contribution is -0.134. The van der Waals surface area contributed by atoms with Crippen LogP contribution in [0.5, 0.6) is 0 Å². The fraction of sp³-hybridized carbons (Fsp3) is 0.462. The van der Waals surface area contributed by atoms with E-state index >= 15 is 0 Å². The highest BCUT2D eigenvalue weighted by atomic mass is 35.5. The number of hydrogen-bond donors (Lipinski definition) is 1. The molecule has 4 rings (SSSR count). The molecule has 2 amide bonds. The molecule has 0 atom stereocenters. The zero-order valence-corrected chi connectivity index (χ0v) is 19.7. The molecule has 32 heavy (non-hydrogen) atoms. The summed E-state index contributed by atoms with van der Waals surface area (Å²) in [6.45, 7) is 6.56. The van der Waals surface area contributed by atoms with Crippen LogP contribution in [0.3, 0.4) is 0 Å². The standard InChI is InChI=1S/C26H32ClN3O2/c1-19(2)24(31)30-17-15-29(16-18-30)23-21(27)11-8-12-22(23)28-25(32)26(13-6-7-14-26)20-9-4-3-5-10-20/h3-5,8-12,19H,6-7,13-18H2,1-2H3,(H,28,32). The number of rotatable bonds is 5. The van der Waals surface area contributed by atoms with Crippen LogP contribution < -0.4 is 10.2 Å². The largest absolute Gasteiger partial charge is 0.365 e. The third-order valence-electron chi connectivity index (χ3n) is 6.85. The number of piperazine rings is 1. The molecule has 5 nitrogen and oxygen atoms in total. The molecule has 1 aliphatic carbocycles. The average Bonchev–Trinajstić information content (AvgIpc) is 3.31. The van der Waals surface area contributed by atoms with Gasteiger partial charge in [0.1, 0.15) is 0 Å². The average molecular weight is 454 g/mol. The van der Waals surface area contributed by atoms with Crippen molar-refractivity contribution in [2.24, 2.45) is 5.92 Å². The second kappa shape index (κ2) is 9.53. The van der Waals surface area contributed by atoms with E-state index in [-0.39, 0.29) is 17.7 Å². The lowest BCUT2D eigenvalue weighted by Gasteiger charge is -2.38. The first kappa shape index (κ1) is 22.7. The fourth-order valence-corrected chi connectivity index (χ4v) is 5.37. The molecule has 0 aromatic heterocycles. The SMILES string of the molecule is CC(C)C(=O)N1CCN(c2c(Cl)cccc2NC(=O)C2(c3ccccc3)CCCC2)CC1. The topological polar surface area (TPSA) is 52.7 Å². The van der Waals surface area contributed by atoms with Crippen LogP contribution in [0.4, 0.5) is 11.4 Å². The third-order valence-corrected chi connectivity index (χ3v) is 7.16. The molecule has 0 radical (unpaired) electrons. The molecule has 1 saturated carbocycles. The van der Waals surface area contributed by atoms with Crippen LogP contribution in [-0.2, 0) is 15.0 Å². The highest BCUT2D eigenvalue weighted by Gasteiger charge is 2.43. The summed E-state index contributed by atoms with van der Waals surface area (Å²) in [7, 11) is 0. The Balaban J connectivity index is 1.56. The van der Waals surface area contributed by atoms with E-state index in [4.69, 9.17) is 11.6 Å². The number of nitrogens with one attached hydrogen (secondary N) is 1. The van der Waals surface area contributed by atoms with Gasteiger partial charge in [0.2, 0.25) is 11.8 Å². The lowest BCUT2D eigenvalue weighted by atomic mass is 9.78. The first-order chi connectivity index (χ1) is 15.4. The number of hydrogen-bond acceptors (Lipinski definition) is 3. The van der Waals surface area contributed by atoms with Crippen LogP contribution in [0, 0.1) is 5.92 Å². The number of anilines is 2. The quantitative estimate of drug-likeness (QED) is 0.685. The van der Waals surface area contributed by atoms with Gasteiger partial charge in [-0.2, -0.15) is 0 Å². The molecular weight excluding hydrogens is 422 g/mol. The Labute approximate surface area is 195 Å². The summed E-state index contributed by atoms with van der Waals surface area (Å²) < 4.78 is 0. The second-order valence-electron chi connectivity index (χ2n) is 9.21. The highest BCUT2D eigenvalue weighted by molar-refractivity contribution is 6.34. The van der Waals surface area contributed by atoms with Crippen molar-refractivity contribution in [2.75, 3.05) is 36.4 Å². The van der Waals surface area contributed by atoms with Crippen molar-refractivity contribution in [2.45, 2.75) is 44.9 Å². The molecule has 2 aromatic carbocycles. The van der Waals surface area contributed by atoms with Gasteiger partial charge in [0.25, 0.3) is 0 Å². The van der Waals surface area contributed by atoms with Crippen molar-refractivity contribution in [1.29, 1.82) is 0 Å². The summed E-state index contributed by atoms with van der Waals surface area (Å²) in [6, 6.07) is 15.8. The molecular formula is C26H32ClN3O2. The first-order valence-corrected chi connectivity index (χ1v) is 12.0. The second-order valence-corrected chi connectivity index (χ2v) is 9.62. The molecule has 6 heteroatoms. The van der Waals surface area contributed by atoms with Crippen molar-refractivity contribution < 1.29 is 9.59 Å². The zero-order valence-electron chi connectivity index (χ0n) is 18.9. The summed E-state index contributed by atoms with van der Waals surface area (Å²) in [5.41, 5.74) is 2.18. The molecule has 1 aliphatic heterocycles. The van der Waals surface area contributed by atoms with Crippen LogP contribution in [0.1, 0.15) is 45.1 Å². The predicted octanol–water partition coefficient (Wildman–Crippen LogP) is 5.10. The lowest BCUT2D eigenvalue weighted by Crippen LogP contribution is -2.50. The monoisotopic (exact) mass is 453 g/mol. The van der Waals surface area contributed by atoms with Crippen LogP contribution in [-0.4, -0.2) is 42.9 Å². The summed E-state index contributed by atoms with van der Waals surface area (Å²) in [6.07, 6.45) is 3.82. The number of amides is 2. The number of carbonyl (C=O) groups excluding carboxylic acids is 2. The van der Waals surface area contributed by atoms with Gasteiger partial charge in [-0.3, -0.25) is 9.59 Å². The van der Waals surface area contributed by atoms with Gasteiger partial charge in [-0.1, -0.05) is 74.7 Å². The zero-order chi connectivity index (χ0) is 22.7. The van der Waals surface area contributed by atoms with Gasteiger partial charge in [-0.25, -0.2) is 0 Å². The Morgan fingerprint density at radius 2 is 1.59 bits per heavy atom. The molecule has 0 unspecified atom stereocenters. The Bertz CT molecular complexity index is 962. The molecule has 1 saturated heterocycles. The van der Waals surface area contributed by atoms with Crippen molar-refractivity contribution in [3.8, 4) is 0 Å². The smallest absolute Gasteiger partial charge is 0.235 e. The minimum atomic E-state index is -0.497. The molecule has 2 fully saturated rings. The maximum Gasteiger partial charge on any atom is 0.235 e. The van der Waals surface area contributed by atoms with Crippen molar-refractivity contribution in [3.63, 3.8) is 0 Å². The van der Waals surface area contributed by atoms with Crippen molar-refractivity contribution in [1.82, 2.24) is 4.90 Å². The van der Waals surface area contributed by atoms with Crippen LogP contribution in [0.2, 0.25) is 5.02 Å². The molecule has 170 valence electrons. The summed E-state index contributed by atoms with van der Waals surface area (Å²) >= 11 is 6.63. The van der Waals surface area contributed by atoms with Crippen LogP contribution in [0.25, 0.3) is 0 Å². The van der Waals surface area contributed by atoms with Gasteiger partial charge in [-0.15, -0.1) is 0 Å². The van der Waals surface area contributed by atoms with Gasteiger partial charge in [0, 0.05) is 32.1 Å². The summed E-state index contributed by atoms with van der Waals surface area (Å²) in [4.78, 5) is 30.1. The number of halogens is 1. The maximum atomic E-state index is 13.7. The van der Waals surface area contributed by atoms with Crippen molar-refractivity contribution in [3.05, 3.63) is 59.1 Å². The Morgan fingerprint density at radius 1 is 0.938 bits per heavy atom. The van der Waals surface area contributed by atoms with E-state index in [9.17, 15) is 9.59 Å². The van der Waals surface area contributed by atoms with E-state index in [1.165, 1.54) is 0 Å². The normalized spacial score (nSPS) is 18.1. The fourth-order valence-electron chi connectivity index (χ4n) is 5.08. The van der Waals surface area contributed by atoms with Crippen molar-refractivity contribution >= 4 is 34.8 Å². The number of nitrogens with zero attached hydrogens (tertiary/aromatic N) is 2. The summed E-state index contributed by atoms with van der Waals surface area (Å²) in [5, 5.41) is 3.85. The minimum absolute atomic E-state index is 0.00250. The van der Waals surface area contributed by atoms with Gasteiger partial charge in [-0.05, 0) is 30.5 Å². The van der Waals surface area contributed by atoms with Gasteiger partial charge in [0.15, 0.2) is 0 Å². The Hall–Kier alpha value is -2.53. The molecule has 0 bridgehead atoms. The van der Waals surface area contributed by atoms with Crippen LogP contribution in [0.15, 0.2) is 48.5 Å². The van der Waals surface area contributed by atoms with E-state index < -0.39 is 5.41 Å². The molecule has 1 heterocycles. The van der Waals surface area contributed by atoms with E-state index in [1.807, 2.05) is 55.1 Å². The van der Waals surface area contributed by atoms with Gasteiger partial charge < -0.3 is 15.1 Å². The van der Waals surface area contributed by atoms with E-state index in [0.29, 0.717) is 31.2 Å². The number of carbonyl (C=O) groups is 2. The number of para-hydroxylation sites is 1. The Morgan fingerprint density at radius 3 is 2.22 bits per heavy atom. The summed E-state index contributed by atoms with van der Waals surface area (Å²) in [5.74, 6) is 0.221. The predicted molar refractivity (Wildman–Crippen MR) is 130 cm³/mol. The van der Waals surface area contributed by atoms with Gasteiger partial charge >= 0.3 is 0 Å². The molecule has 2 aliphatic rings. The highest BCUT2D eigenvalue weighted by Crippen LogP contribution is 2.43. The molecule has 0 spiro atoms. The maximum absolute atomic E-state index is 13.7. The molecule has 2 aromatic rings.